The fraction of sp³-hybridized carbons (Fsp3) is 0.450. The van der Waals surface area contributed by atoms with E-state index in [4.69, 9.17) is 4.74 Å². The van der Waals surface area contributed by atoms with Crippen LogP contribution in [0.3, 0.4) is 0 Å². The average Bonchev–Trinajstić information content (AvgIpc) is 3.40. The first-order valence-electron chi connectivity index (χ1n) is 9.62. The standard InChI is InChI=1S/C20H25N5O3/c1-12-4-3-5-15(8-12)28-11-19(27)22-17-10-16(14-6-7-14)24-25(17)20-21-13(2)9-18(26)23-20/h3-5,8,10,13-14,20-21H,6-7,9,11H2,1-2H3,(H,22,27)(H,23,26). The van der Waals surface area contributed by atoms with Crippen LogP contribution in [0.2, 0.25) is 0 Å². The Morgan fingerprint density at radius 2 is 2.18 bits per heavy atom. The molecule has 1 aliphatic heterocycles. The maximum Gasteiger partial charge on any atom is 0.263 e. The van der Waals surface area contributed by atoms with Gasteiger partial charge in [-0.3, -0.25) is 14.9 Å². The Hall–Kier alpha value is -2.87. The van der Waals surface area contributed by atoms with Crippen LogP contribution in [0.1, 0.15) is 49.7 Å². The van der Waals surface area contributed by atoms with Crippen molar-refractivity contribution in [1.82, 2.24) is 20.4 Å². The number of carbonyl (C=O) groups is 2. The number of benzene rings is 1. The molecule has 0 bridgehead atoms. The lowest BCUT2D eigenvalue weighted by atomic mass is 10.2. The molecule has 0 radical (unpaired) electrons. The molecular weight excluding hydrogens is 358 g/mol. The van der Waals surface area contributed by atoms with Crippen molar-refractivity contribution in [2.75, 3.05) is 11.9 Å². The number of aromatic nitrogens is 2. The first kappa shape index (κ1) is 18.5. The second-order valence-corrected chi connectivity index (χ2v) is 7.57. The molecule has 1 saturated carbocycles. The maximum absolute atomic E-state index is 12.4. The minimum Gasteiger partial charge on any atom is -0.484 e. The molecule has 148 valence electrons. The molecule has 8 heteroatoms. The van der Waals surface area contributed by atoms with Gasteiger partial charge < -0.3 is 15.4 Å². The third-order valence-corrected chi connectivity index (χ3v) is 4.85. The molecule has 2 amide bonds. The number of nitrogens with zero attached hydrogens (tertiary/aromatic N) is 2. The Balaban J connectivity index is 1.47. The molecule has 4 rings (SSSR count). The van der Waals surface area contributed by atoms with E-state index in [-0.39, 0.29) is 24.5 Å². The van der Waals surface area contributed by atoms with Crippen molar-refractivity contribution in [3.05, 3.63) is 41.6 Å². The summed E-state index contributed by atoms with van der Waals surface area (Å²) >= 11 is 0. The fourth-order valence-electron chi connectivity index (χ4n) is 3.31. The van der Waals surface area contributed by atoms with Crippen LogP contribution in [0, 0.1) is 6.92 Å². The predicted octanol–water partition coefficient (Wildman–Crippen LogP) is 2.04. The van der Waals surface area contributed by atoms with Gasteiger partial charge >= 0.3 is 0 Å². The van der Waals surface area contributed by atoms with Gasteiger partial charge in [-0.25, -0.2) is 4.68 Å². The Morgan fingerprint density at radius 1 is 1.36 bits per heavy atom. The zero-order chi connectivity index (χ0) is 19.7. The van der Waals surface area contributed by atoms with E-state index in [1.165, 1.54) is 0 Å². The van der Waals surface area contributed by atoms with Crippen LogP contribution >= 0.6 is 0 Å². The van der Waals surface area contributed by atoms with E-state index >= 15 is 0 Å². The number of carbonyl (C=O) groups excluding carboxylic acids is 2. The minimum absolute atomic E-state index is 0.0283. The molecule has 0 spiro atoms. The van der Waals surface area contributed by atoms with E-state index < -0.39 is 6.29 Å². The molecule has 2 aliphatic rings. The molecule has 1 saturated heterocycles. The Bertz CT molecular complexity index is 890. The number of amides is 2. The summed E-state index contributed by atoms with van der Waals surface area (Å²) < 4.78 is 7.22. The van der Waals surface area contributed by atoms with Gasteiger partial charge in [0.05, 0.1) is 5.69 Å². The molecule has 28 heavy (non-hydrogen) atoms. The Morgan fingerprint density at radius 3 is 2.89 bits per heavy atom. The highest BCUT2D eigenvalue weighted by atomic mass is 16.5. The average molecular weight is 383 g/mol. The van der Waals surface area contributed by atoms with Gasteiger partial charge in [0, 0.05) is 24.4 Å². The second kappa shape index (κ2) is 7.63. The van der Waals surface area contributed by atoms with Crippen molar-refractivity contribution in [3.8, 4) is 5.75 Å². The molecular formula is C20H25N5O3. The van der Waals surface area contributed by atoms with Crippen molar-refractivity contribution < 1.29 is 14.3 Å². The molecule has 8 nitrogen and oxygen atoms in total. The van der Waals surface area contributed by atoms with Crippen LogP contribution in [0.25, 0.3) is 0 Å². The van der Waals surface area contributed by atoms with Crippen molar-refractivity contribution in [3.63, 3.8) is 0 Å². The van der Waals surface area contributed by atoms with Crippen molar-refractivity contribution in [2.24, 2.45) is 0 Å². The molecule has 2 heterocycles. The topological polar surface area (TPSA) is 97.3 Å². The van der Waals surface area contributed by atoms with Crippen LogP contribution in [0.15, 0.2) is 30.3 Å². The smallest absolute Gasteiger partial charge is 0.263 e. The Kier molecular flexibility index (Phi) is 5.04. The lowest BCUT2D eigenvalue weighted by Gasteiger charge is -2.30. The summed E-state index contributed by atoms with van der Waals surface area (Å²) in [6.45, 7) is 3.82. The second-order valence-electron chi connectivity index (χ2n) is 7.57. The number of hydrogen-bond donors (Lipinski definition) is 3. The third-order valence-electron chi connectivity index (χ3n) is 4.85. The van der Waals surface area contributed by atoms with Gasteiger partial charge in [0.15, 0.2) is 12.9 Å². The summed E-state index contributed by atoms with van der Waals surface area (Å²) in [5, 5.41) is 13.7. The summed E-state index contributed by atoms with van der Waals surface area (Å²) in [6, 6.07) is 9.47. The maximum atomic E-state index is 12.4. The molecule has 2 atom stereocenters. The molecule has 2 aromatic rings. The molecule has 1 aromatic carbocycles. The number of anilines is 1. The van der Waals surface area contributed by atoms with Gasteiger partial charge in [-0.15, -0.1) is 0 Å². The summed E-state index contributed by atoms with van der Waals surface area (Å²) in [7, 11) is 0. The summed E-state index contributed by atoms with van der Waals surface area (Å²) in [5.74, 6) is 1.31. The molecule has 2 unspecified atom stereocenters. The molecule has 1 aliphatic carbocycles. The van der Waals surface area contributed by atoms with Crippen molar-refractivity contribution in [2.45, 2.75) is 51.4 Å². The SMILES string of the molecule is Cc1cccc(OCC(=O)Nc2cc(C3CC3)nn2C2NC(=O)CC(C)N2)c1. The quantitative estimate of drug-likeness (QED) is 0.709. The summed E-state index contributed by atoms with van der Waals surface area (Å²) in [4.78, 5) is 24.4. The normalized spacial score (nSPS) is 21.9. The molecule has 1 aromatic heterocycles. The first-order chi connectivity index (χ1) is 13.5. The van der Waals surface area contributed by atoms with Crippen LogP contribution in [-0.4, -0.2) is 34.2 Å². The Labute approximate surface area is 163 Å². The van der Waals surface area contributed by atoms with Crippen LogP contribution < -0.4 is 20.7 Å². The van der Waals surface area contributed by atoms with Crippen LogP contribution in [0.5, 0.6) is 5.75 Å². The summed E-state index contributed by atoms with van der Waals surface area (Å²) in [6.07, 6.45) is 2.12. The zero-order valence-electron chi connectivity index (χ0n) is 16.1. The molecule has 2 fully saturated rings. The number of ether oxygens (including phenoxy) is 1. The number of aryl methyl sites for hydroxylation is 1. The number of hydrogen-bond acceptors (Lipinski definition) is 5. The number of rotatable bonds is 6. The minimum atomic E-state index is -0.489. The fourth-order valence-corrected chi connectivity index (χ4v) is 3.31. The van der Waals surface area contributed by atoms with E-state index in [1.54, 1.807) is 4.68 Å². The highest BCUT2D eigenvalue weighted by Gasteiger charge is 2.31. The van der Waals surface area contributed by atoms with Gasteiger partial charge in [0.2, 0.25) is 5.91 Å². The highest BCUT2D eigenvalue weighted by Crippen LogP contribution is 2.40. The van der Waals surface area contributed by atoms with Crippen LogP contribution in [0.4, 0.5) is 5.82 Å². The lowest BCUT2D eigenvalue weighted by molar-refractivity contribution is -0.125. The zero-order valence-corrected chi connectivity index (χ0v) is 16.1. The van der Waals surface area contributed by atoms with E-state index in [1.807, 2.05) is 44.2 Å². The van der Waals surface area contributed by atoms with E-state index in [2.05, 4.69) is 21.0 Å². The molecule has 3 N–H and O–H groups in total. The lowest BCUT2D eigenvalue weighted by Crippen LogP contribution is -2.52. The third kappa shape index (κ3) is 4.33. The van der Waals surface area contributed by atoms with Gasteiger partial charge in [0.1, 0.15) is 11.6 Å². The first-order valence-corrected chi connectivity index (χ1v) is 9.62. The van der Waals surface area contributed by atoms with E-state index in [0.717, 1.165) is 24.1 Å². The van der Waals surface area contributed by atoms with Gasteiger partial charge in [-0.2, -0.15) is 5.10 Å². The summed E-state index contributed by atoms with van der Waals surface area (Å²) in [5.41, 5.74) is 2.00. The van der Waals surface area contributed by atoms with Gasteiger partial charge in [-0.1, -0.05) is 12.1 Å². The van der Waals surface area contributed by atoms with Gasteiger partial charge in [-0.05, 0) is 44.4 Å². The predicted molar refractivity (Wildman–Crippen MR) is 104 cm³/mol. The largest absolute Gasteiger partial charge is 0.484 e. The van der Waals surface area contributed by atoms with E-state index in [9.17, 15) is 9.59 Å². The van der Waals surface area contributed by atoms with Crippen molar-refractivity contribution in [1.29, 1.82) is 0 Å². The van der Waals surface area contributed by atoms with E-state index in [0.29, 0.717) is 23.9 Å². The highest BCUT2D eigenvalue weighted by molar-refractivity contribution is 5.91. The number of nitrogens with one attached hydrogen (secondary N) is 3. The van der Waals surface area contributed by atoms with Crippen molar-refractivity contribution >= 4 is 17.6 Å². The van der Waals surface area contributed by atoms with Gasteiger partial charge in [0.25, 0.3) is 5.91 Å². The monoisotopic (exact) mass is 383 g/mol. The van der Waals surface area contributed by atoms with Crippen LogP contribution in [-0.2, 0) is 9.59 Å².